The predicted octanol–water partition coefficient (Wildman–Crippen LogP) is 5.27. The van der Waals surface area contributed by atoms with E-state index in [9.17, 15) is 4.79 Å². The van der Waals surface area contributed by atoms with Crippen molar-refractivity contribution >= 4 is 23.1 Å². The van der Waals surface area contributed by atoms with E-state index in [1.54, 1.807) is 0 Å². The van der Waals surface area contributed by atoms with E-state index in [-0.39, 0.29) is 23.9 Å². The quantitative estimate of drug-likeness (QED) is 0.731. The Labute approximate surface area is 163 Å². The number of ketones is 1. The van der Waals surface area contributed by atoms with Crippen molar-refractivity contribution in [2.45, 2.75) is 32.6 Å². The van der Waals surface area contributed by atoms with Gasteiger partial charge in [0, 0.05) is 40.4 Å². The normalized spacial score (nSPS) is 22.2. The minimum atomic E-state index is -0.133. The maximum Gasteiger partial charge on any atom is 0.231 e. The first kappa shape index (κ1) is 16.7. The van der Waals surface area contributed by atoms with E-state index in [4.69, 9.17) is 21.1 Å². The van der Waals surface area contributed by atoms with Crippen molar-refractivity contribution < 1.29 is 14.3 Å². The molecule has 1 atom stereocenters. The molecule has 27 heavy (non-hydrogen) atoms. The number of hydrogen-bond donors (Lipinski definition) is 1. The Bertz CT molecular complexity index is 991. The number of anilines is 1. The summed E-state index contributed by atoms with van der Waals surface area (Å²) >= 11 is 6.10. The van der Waals surface area contributed by atoms with E-state index < -0.39 is 0 Å². The second kappa shape index (κ2) is 5.77. The van der Waals surface area contributed by atoms with Crippen LogP contribution in [0.3, 0.4) is 0 Å². The lowest BCUT2D eigenvalue weighted by Gasteiger charge is -2.39. The average molecular weight is 382 g/mol. The van der Waals surface area contributed by atoms with Gasteiger partial charge in [-0.05, 0) is 41.2 Å². The molecule has 138 valence electrons. The number of hydrogen-bond acceptors (Lipinski definition) is 4. The lowest BCUT2D eigenvalue weighted by atomic mass is 9.69. The van der Waals surface area contributed by atoms with Crippen molar-refractivity contribution in [3.63, 3.8) is 0 Å². The molecule has 1 N–H and O–H groups in total. The number of fused-ring (bicyclic) bond motifs is 2. The van der Waals surface area contributed by atoms with E-state index >= 15 is 0 Å². The summed E-state index contributed by atoms with van der Waals surface area (Å²) in [5, 5.41) is 4.21. The Balaban J connectivity index is 1.72. The molecule has 0 bridgehead atoms. The van der Waals surface area contributed by atoms with Gasteiger partial charge >= 0.3 is 0 Å². The molecule has 0 fully saturated rings. The van der Waals surface area contributed by atoms with Crippen LogP contribution in [0.4, 0.5) is 5.69 Å². The highest BCUT2D eigenvalue weighted by Crippen LogP contribution is 2.51. The molecule has 2 aromatic carbocycles. The van der Waals surface area contributed by atoms with Crippen LogP contribution in [0.1, 0.15) is 43.7 Å². The Morgan fingerprint density at radius 2 is 1.78 bits per heavy atom. The smallest absolute Gasteiger partial charge is 0.231 e. The molecule has 2 heterocycles. The molecule has 0 amide bonds. The van der Waals surface area contributed by atoms with Crippen molar-refractivity contribution in [2.24, 2.45) is 5.41 Å². The maximum absolute atomic E-state index is 13.2. The largest absolute Gasteiger partial charge is 0.454 e. The van der Waals surface area contributed by atoms with Crippen LogP contribution in [0, 0.1) is 5.41 Å². The third-order valence-corrected chi connectivity index (χ3v) is 5.81. The zero-order valence-electron chi connectivity index (χ0n) is 15.3. The third-order valence-electron chi connectivity index (χ3n) is 5.55. The molecule has 0 unspecified atom stereocenters. The number of allylic oxidation sites excluding steroid dienone is 2. The van der Waals surface area contributed by atoms with Gasteiger partial charge in [-0.1, -0.05) is 37.6 Å². The molecule has 0 spiro atoms. The molecular formula is C22H20ClNO3. The lowest BCUT2D eigenvalue weighted by Crippen LogP contribution is -2.33. The van der Waals surface area contributed by atoms with Gasteiger partial charge in [0.05, 0.1) is 0 Å². The zero-order valence-corrected chi connectivity index (χ0v) is 16.0. The fraction of sp³-hybridized carbons (Fsp3) is 0.318. The van der Waals surface area contributed by atoms with Crippen molar-refractivity contribution in [3.8, 4) is 11.5 Å². The van der Waals surface area contributed by atoms with Crippen LogP contribution >= 0.6 is 11.6 Å². The molecule has 2 aliphatic heterocycles. The van der Waals surface area contributed by atoms with Gasteiger partial charge in [-0.15, -0.1) is 0 Å². The molecule has 0 radical (unpaired) electrons. The van der Waals surface area contributed by atoms with E-state index in [0.717, 1.165) is 46.0 Å². The first-order valence-electron chi connectivity index (χ1n) is 9.14. The second-order valence-electron chi connectivity index (χ2n) is 8.24. The molecule has 2 aromatic rings. The molecular weight excluding hydrogens is 362 g/mol. The van der Waals surface area contributed by atoms with Gasteiger partial charge in [-0.3, -0.25) is 4.79 Å². The second-order valence-corrected chi connectivity index (χ2v) is 8.67. The van der Waals surface area contributed by atoms with Crippen molar-refractivity contribution in [3.05, 3.63) is 63.8 Å². The van der Waals surface area contributed by atoms with E-state index in [2.05, 4.69) is 19.2 Å². The lowest BCUT2D eigenvalue weighted by molar-refractivity contribution is -0.118. The maximum atomic E-state index is 13.2. The van der Waals surface area contributed by atoms with E-state index in [1.165, 1.54) is 0 Å². The third kappa shape index (κ3) is 2.71. The number of halogens is 1. The summed E-state index contributed by atoms with van der Waals surface area (Å²) in [6.07, 6.45) is 1.39. The van der Waals surface area contributed by atoms with Crippen LogP contribution in [0.15, 0.2) is 47.7 Å². The van der Waals surface area contributed by atoms with E-state index in [1.807, 2.05) is 36.4 Å². The van der Waals surface area contributed by atoms with Crippen LogP contribution in [0.2, 0.25) is 5.02 Å². The Hall–Kier alpha value is -2.46. The Morgan fingerprint density at radius 3 is 2.52 bits per heavy atom. The molecule has 5 heteroatoms. The SMILES string of the molecule is CC1(C)CC(=O)C2=C(C1)Nc1cc3c(cc1[C@@H]2c1ccc(Cl)cc1)OCO3. The Morgan fingerprint density at radius 1 is 1.07 bits per heavy atom. The van der Waals surface area contributed by atoms with Gasteiger partial charge < -0.3 is 14.8 Å². The van der Waals surface area contributed by atoms with Crippen molar-refractivity contribution in [1.82, 2.24) is 0 Å². The molecule has 1 aliphatic carbocycles. The minimum Gasteiger partial charge on any atom is -0.454 e. The van der Waals surface area contributed by atoms with Crippen LogP contribution in [0.25, 0.3) is 0 Å². The van der Waals surface area contributed by atoms with Gasteiger partial charge in [0.25, 0.3) is 0 Å². The molecule has 5 rings (SSSR count). The van der Waals surface area contributed by atoms with Gasteiger partial charge in [0.2, 0.25) is 6.79 Å². The molecule has 0 saturated heterocycles. The summed E-state index contributed by atoms with van der Waals surface area (Å²) in [7, 11) is 0. The standard InChI is InChI=1S/C22H20ClNO3/c1-22(2)9-16-21(17(25)10-22)20(12-3-5-13(23)6-4-12)14-7-18-19(27-11-26-18)8-15(14)24-16/h3-8,20,24H,9-11H2,1-2H3/t20-/m0/s1. The van der Waals surface area contributed by atoms with Crippen LogP contribution in [0.5, 0.6) is 11.5 Å². The first-order chi connectivity index (χ1) is 12.9. The number of carbonyl (C=O) groups is 1. The van der Waals surface area contributed by atoms with Gasteiger partial charge in [0.15, 0.2) is 17.3 Å². The number of carbonyl (C=O) groups excluding carboxylic acids is 1. The molecule has 3 aliphatic rings. The fourth-order valence-corrected chi connectivity index (χ4v) is 4.53. The number of ether oxygens (including phenoxy) is 2. The predicted molar refractivity (Wildman–Crippen MR) is 105 cm³/mol. The minimum absolute atomic E-state index is 0.0543. The number of nitrogens with one attached hydrogen (secondary N) is 1. The summed E-state index contributed by atoms with van der Waals surface area (Å²) in [4.78, 5) is 13.2. The number of benzene rings is 2. The summed E-state index contributed by atoms with van der Waals surface area (Å²) in [5.41, 5.74) is 4.89. The van der Waals surface area contributed by atoms with Gasteiger partial charge in [-0.2, -0.15) is 0 Å². The zero-order chi connectivity index (χ0) is 18.8. The summed E-state index contributed by atoms with van der Waals surface area (Å²) in [6.45, 7) is 4.51. The van der Waals surface area contributed by atoms with E-state index in [0.29, 0.717) is 11.4 Å². The molecule has 0 saturated carbocycles. The van der Waals surface area contributed by atoms with Crippen LogP contribution in [-0.4, -0.2) is 12.6 Å². The highest BCUT2D eigenvalue weighted by molar-refractivity contribution is 6.30. The monoisotopic (exact) mass is 381 g/mol. The number of Topliss-reactive ketones (excluding diaryl/α,β-unsaturated/α-hetero) is 1. The highest BCUT2D eigenvalue weighted by atomic mass is 35.5. The first-order valence-corrected chi connectivity index (χ1v) is 9.51. The van der Waals surface area contributed by atoms with Gasteiger partial charge in [-0.25, -0.2) is 0 Å². The number of rotatable bonds is 1. The summed E-state index contributed by atoms with van der Waals surface area (Å²) in [6, 6.07) is 11.7. The summed E-state index contributed by atoms with van der Waals surface area (Å²) < 4.78 is 11.1. The Kier molecular flexibility index (Phi) is 3.57. The summed E-state index contributed by atoms with van der Waals surface area (Å²) in [5.74, 6) is 1.53. The highest BCUT2D eigenvalue weighted by Gasteiger charge is 2.41. The van der Waals surface area contributed by atoms with Gasteiger partial charge in [0.1, 0.15) is 0 Å². The van der Waals surface area contributed by atoms with Crippen molar-refractivity contribution in [1.29, 1.82) is 0 Å². The van der Waals surface area contributed by atoms with Crippen molar-refractivity contribution in [2.75, 3.05) is 12.1 Å². The molecule has 0 aromatic heterocycles. The van der Waals surface area contributed by atoms with Crippen LogP contribution in [-0.2, 0) is 4.79 Å². The van der Waals surface area contributed by atoms with Crippen LogP contribution < -0.4 is 14.8 Å². The molecule has 4 nitrogen and oxygen atoms in total. The fourth-order valence-electron chi connectivity index (χ4n) is 4.41. The topological polar surface area (TPSA) is 47.6 Å². The average Bonchev–Trinajstić information content (AvgIpc) is 3.05.